The summed E-state index contributed by atoms with van der Waals surface area (Å²) in [7, 11) is 0. The number of aromatic nitrogens is 1. The van der Waals surface area contributed by atoms with Crippen LogP contribution in [0.4, 0.5) is 0 Å². The molecule has 2 heterocycles. The van der Waals surface area contributed by atoms with Crippen LogP contribution in [-0.4, -0.2) is 59.5 Å². The summed E-state index contributed by atoms with van der Waals surface area (Å²) in [4.78, 5) is 21.2. The van der Waals surface area contributed by atoms with Crippen LogP contribution in [0.3, 0.4) is 0 Å². The second kappa shape index (κ2) is 7.06. The summed E-state index contributed by atoms with van der Waals surface area (Å²) >= 11 is 1.77. The lowest BCUT2D eigenvalue weighted by molar-refractivity contribution is -0.122. The normalized spacial score (nSPS) is 20.5. The van der Waals surface area contributed by atoms with Crippen molar-refractivity contribution in [1.82, 2.24) is 20.1 Å². The predicted octanol–water partition coefficient (Wildman–Crippen LogP) is 1.66. The number of rotatable bonds is 6. The van der Waals surface area contributed by atoms with E-state index in [1.807, 2.05) is 0 Å². The molecular weight excluding hydrogens is 296 g/mol. The molecule has 1 saturated heterocycles. The summed E-state index contributed by atoms with van der Waals surface area (Å²) in [6.07, 6.45) is 2.32. The van der Waals surface area contributed by atoms with E-state index in [1.54, 1.807) is 11.3 Å². The maximum absolute atomic E-state index is 11.8. The molecule has 0 aromatic carbocycles. The summed E-state index contributed by atoms with van der Waals surface area (Å²) in [5.41, 5.74) is 1.19. The highest BCUT2D eigenvalue weighted by molar-refractivity contribution is 7.09. The monoisotopic (exact) mass is 322 g/mol. The summed E-state index contributed by atoms with van der Waals surface area (Å²) < 4.78 is 0. The molecule has 122 valence electrons. The van der Waals surface area contributed by atoms with E-state index in [1.165, 1.54) is 10.7 Å². The van der Waals surface area contributed by atoms with Gasteiger partial charge in [-0.05, 0) is 12.8 Å². The maximum Gasteiger partial charge on any atom is 0.234 e. The minimum absolute atomic E-state index is 0.192. The minimum atomic E-state index is 0.192. The van der Waals surface area contributed by atoms with Gasteiger partial charge < -0.3 is 5.32 Å². The van der Waals surface area contributed by atoms with Crippen molar-refractivity contribution in [2.45, 2.75) is 45.2 Å². The zero-order chi connectivity index (χ0) is 15.5. The van der Waals surface area contributed by atoms with Gasteiger partial charge in [0.05, 0.1) is 17.2 Å². The number of amides is 1. The molecule has 1 N–H and O–H groups in total. The highest BCUT2D eigenvalue weighted by Gasteiger charge is 2.25. The number of nitrogens with one attached hydrogen (secondary N) is 1. The largest absolute Gasteiger partial charge is 0.352 e. The Labute approximate surface area is 136 Å². The number of hydrogen-bond donors (Lipinski definition) is 1. The number of nitrogens with zero attached hydrogens (tertiary/aromatic N) is 3. The minimum Gasteiger partial charge on any atom is -0.352 e. The third-order valence-electron chi connectivity index (χ3n) is 4.22. The Kier molecular flexibility index (Phi) is 5.10. The second-order valence-electron chi connectivity index (χ2n) is 6.73. The van der Waals surface area contributed by atoms with Crippen molar-refractivity contribution in [3.63, 3.8) is 0 Å². The Morgan fingerprint density at radius 3 is 2.59 bits per heavy atom. The summed E-state index contributed by atoms with van der Waals surface area (Å²) in [6, 6.07) is 0.466. The zero-order valence-electron chi connectivity index (χ0n) is 13.5. The van der Waals surface area contributed by atoms with Crippen LogP contribution in [0.2, 0.25) is 0 Å². The third kappa shape index (κ3) is 4.51. The van der Waals surface area contributed by atoms with Gasteiger partial charge >= 0.3 is 0 Å². The highest BCUT2D eigenvalue weighted by Crippen LogP contribution is 2.20. The van der Waals surface area contributed by atoms with E-state index in [2.05, 4.69) is 34.3 Å². The number of thiazole rings is 1. The lowest BCUT2D eigenvalue weighted by Gasteiger charge is -2.33. The van der Waals surface area contributed by atoms with Gasteiger partial charge in [-0.2, -0.15) is 0 Å². The smallest absolute Gasteiger partial charge is 0.234 e. The standard InChI is InChI=1S/C16H26N4OS/c1-12(2)16-18-14(11-22-16)9-19-5-7-20(8-6-19)10-15(21)17-13-3-4-13/h11-13H,3-10H2,1-2H3,(H,17,21). The predicted molar refractivity (Wildman–Crippen MR) is 89.1 cm³/mol. The average Bonchev–Trinajstić information content (AvgIpc) is 3.16. The molecule has 0 bridgehead atoms. The van der Waals surface area contributed by atoms with Gasteiger partial charge in [-0.3, -0.25) is 14.6 Å². The SMILES string of the molecule is CC(C)c1nc(CN2CCN(CC(=O)NC3CC3)CC2)cs1. The molecule has 2 fully saturated rings. The Bertz CT molecular complexity index is 504. The quantitative estimate of drug-likeness (QED) is 0.865. The van der Waals surface area contributed by atoms with Crippen LogP contribution < -0.4 is 5.32 Å². The van der Waals surface area contributed by atoms with E-state index < -0.39 is 0 Å². The molecule has 5 nitrogen and oxygen atoms in total. The average molecular weight is 322 g/mol. The summed E-state index contributed by atoms with van der Waals surface area (Å²) in [5.74, 6) is 0.706. The molecule has 0 radical (unpaired) electrons. The van der Waals surface area contributed by atoms with Crippen LogP contribution in [0.25, 0.3) is 0 Å². The zero-order valence-corrected chi connectivity index (χ0v) is 14.4. The van der Waals surface area contributed by atoms with Crippen LogP contribution in [0, 0.1) is 0 Å². The van der Waals surface area contributed by atoms with Gasteiger partial charge in [0.2, 0.25) is 5.91 Å². The van der Waals surface area contributed by atoms with Crippen molar-refractivity contribution in [2.75, 3.05) is 32.7 Å². The molecular formula is C16H26N4OS. The van der Waals surface area contributed by atoms with E-state index in [0.717, 1.165) is 45.6 Å². The molecule has 0 unspecified atom stereocenters. The van der Waals surface area contributed by atoms with Gasteiger partial charge in [0.1, 0.15) is 0 Å². The molecule has 1 amide bonds. The number of piperazine rings is 1. The van der Waals surface area contributed by atoms with Crippen LogP contribution in [0.5, 0.6) is 0 Å². The number of carbonyl (C=O) groups excluding carboxylic acids is 1. The molecule has 3 rings (SSSR count). The van der Waals surface area contributed by atoms with E-state index in [4.69, 9.17) is 4.98 Å². The first-order valence-electron chi connectivity index (χ1n) is 8.28. The van der Waals surface area contributed by atoms with E-state index >= 15 is 0 Å². The van der Waals surface area contributed by atoms with Crippen molar-refractivity contribution >= 4 is 17.2 Å². The first-order chi connectivity index (χ1) is 10.6. The van der Waals surface area contributed by atoms with E-state index in [-0.39, 0.29) is 5.91 Å². The van der Waals surface area contributed by atoms with Crippen molar-refractivity contribution in [2.24, 2.45) is 0 Å². The first kappa shape index (κ1) is 15.9. The fourth-order valence-corrected chi connectivity index (χ4v) is 3.53. The Balaban J connectivity index is 1.40. The van der Waals surface area contributed by atoms with Gasteiger partial charge in [-0.25, -0.2) is 4.98 Å². The molecule has 0 spiro atoms. The van der Waals surface area contributed by atoms with E-state index in [9.17, 15) is 4.79 Å². The lowest BCUT2D eigenvalue weighted by atomic mass is 10.2. The lowest BCUT2D eigenvalue weighted by Crippen LogP contribution is -2.49. The van der Waals surface area contributed by atoms with Crippen LogP contribution in [0.1, 0.15) is 43.3 Å². The van der Waals surface area contributed by atoms with Gasteiger partial charge in [-0.15, -0.1) is 11.3 Å². The van der Waals surface area contributed by atoms with E-state index in [0.29, 0.717) is 18.5 Å². The van der Waals surface area contributed by atoms with Gasteiger partial charge in [0.25, 0.3) is 0 Å². The molecule has 6 heteroatoms. The van der Waals surface area contributed by atoms with Crippen molar-refractivity contribution in [3.05, 3.63) is 16.1 Å². The van der Waals surface area contributed by atoms with Gasteiger partial charge in [0, 0.05) is 50.1 Å². The summed E-state index contributed by atoms with van der Waals surface area (Å²) in [6.45, 7) is 9.85. The van der Waals surface area contributed by atoms with Crippen LogP contribution in [0.15, 0.2) is 5.38 Å². The second-order valence-corrected chi connectivity index (χ2v) is 7.62. The highest BCUT2D eigenvalue weighted by atomic mass is 32.1. The topological polar surface area (TPSA) is 48.5 Å². The Hall–Kier alpha value is -0.980. The molecule has 1 aromatic rings. The molecule has 2 aliphatic rings. The number of hydrogen-bond acceptors (Lipinski definition) is 5. The molecule has 1 aliphatic heterocycles. The van der Waals surface area contributed by atoms with Crippen molar-refractivity contribution in [1.29, 1.82) is 0 Å². The van der Waals surface area contributed by atoms with Gasteiger partial charge in [0.15, 0.2) is 0 Å². The van der Waals surface area contributed by atoms with Crippen LogP contribution in [-0.2, 0) is 11.3 Å². The molecule has 1 saturated carbocycles. The maximum atomic E-state index is 11.8. The number of carbonyl (C=O) groups is 1. The summed E-state index contributed by atoms with van der Waals surface area (Å²) in [5, 5.41) is 6.48. The first-order valence-corrected chi connectivity index (χ1v) is 9.16. The van der Waals surface area contributed by atoms with Crippen molar-refractivity contribution in [3.8, 4) is 0 Å². The van der Waals surface area contributed by atoms with Gasteiger partial charge in [-0.1, -0.05) is 13.8 Å². The fraction of sp³-hybridized carbons (Fsp3) is 0.750. The Morgan fingerprint density at radius 1 is 1.32 bits per heavy atom. The van der Waals surface area contributed by atoms with Crippen LogP contribution >= 0.6 is 11.3 Å². The molecule has 1 aliphatic carbocycles. The fourth-order valence-electron chi connectivity index (χ4n) is 2.70. The molecule has 1 aromatic heterocycles. The van der Waals surface area contributed by atoms with Crippen molar-refractivity contribution < 1.29 is 4.79 Å². The third-order valence-corrected chi connectivity index (χ3v) is 5.42. The Morgan fingerprint density at radius 2 is 2.00 bits per heavy atom. The molecule has 0 atom stereocenters. The molecule has 22 heavy (non-hydrogen) atoms.